The standard InChI is InChI=1S/C21H32BrNO3Si.C11H10BrNO2.C10H23ClOSi/c1-7-25-20(24)19-15-16-14-17(22)10-11-18(16)23(19)12-8-9-13-26-27(5,6)21(2,3)4;1-2-15-11(14)10-6-7-5-8(12)3-4-9(7)13-10;1-10(2,3)13(4,5)12-9-7-6-8-11/h10-11,14-15H,7-9,12-13H2,1-6H3;3-6,13H,2H2,1H3;6-9H2,1-5H3. The minimum atomic E-state index is -1.70. The maximum absolute atomic E-state index is 12.4. The van der Waals surface area contributed by atoms with Gasteiger partial charge in [-0.05, 0) is 124 Å². The molecule has 0 saturated heterocycles. The molecule has 0 amide bonds. The van der Waals surface area contributed by atoms with Crippen molar-refractivity contribution in [3.8, 4) is 0 Å². The van der Waals surface area contributed by atoms with Crippen molar-refractivity contribution in [3.05, 3.63) is 68.9 Å². The summed E-state index contributed by atoms with van der Waals surface area (Å²) in [7, 11) is -3.19. The quantitative estimate of drug-likeness (QED) is 0.0552. The van der Waals surface area contributed by atoms with Gasteiger partial charge in [0.1, 0.15) is 11.4 Å². The highest BCUT2D eigenvalue weighted by molar-refractivity contribution is 9.10. The van der Waals surface area contributed by atoms with Gasteiger partial charge >= 0.3 is 11.9 Å². The van der Waals surface area contributed by atoms with Crippen LogP contribution in [0.4, 0.5) is 0 Å². The van der Waals surface area contributed by atoms with Crippen LogP contribution in [0.2, 0.25) is 36.3 Å². The zero-order valence-electron chi connectivity index (χ0n) is 35.2. The fourth-order valence-corrected chi connectivity index (χ4v) is 8.06. The molecule has 0 atom stereocenters. The number of hydrogen-bond donors (Lipinski definition) is 1. The van der Waals surface area contributed by atoms with Crippen molar-refractivity contribution in [3.63, 3.8) is 0 Å². The first kappa shape index (κ1) is 49.2. The van der Waals surface area contributed by atoms with E-state index in [2.05, 4.69) is 109 Å². The Morgan fingerprint density at radius 3 is 1.75 bits per heavy atom. The van der Waals surface area contributed by atoms with Crippen LogP contribution in [0.15, 0.2) is 57.5 Å². The maximum atomic E-state index is 12.4. The van der Waals surface area contributed by atoms with E-state index in [1.807, 2.05) is 49.4 Å². The fourth-order valence-electron chi connectivity index (χ4n) is 4.94. The Balaban J connectivity index is 0.000000315. The Labute approximate surface area is 354 Å². The molecule has 0 spiro atoms. The summed E-state index contributed by atoms with van der Waals surface area (Å²) in [6, 6.07) is 15.6. The first-order valence-electron chi connectivity index (χ1n) is 19.3. The number of aromatic nitrogens is 2. The van der Waals surface area contributed by atoms with Crippen LogP contribution < -0.4 is 0 Å². The molecule has 55 heavy (non-hydrogen) atoms. The summed E-state index contributed by atoms with van der Waals surface area (Å²) in [4.78, 5) is 26.8. The first-order valence-corrected chi connectivity index (χ1v) is 27.3. The van der Waals surface area contributed by atoms with E-state index < -0.39 is 16.6 Å². The van der Waals surface area contributed by atoms with Crippen molar-refractivity contribution >= 4 is 93.8 Å². The summed E-state index contributed by atoms with van der Waals surface area (Å²) >= 11 is 12.5. The van der Waals surface area contributed by atoms with Crippen LogP contribution in [0.1, 0.15) is 102 Å². The zero-order valence-corrected chi connectivity index (χ0v) is 41.1. The molecule has 0 aliphatic carbocycles. The summed E-state index contributed by atoms with van der Waals surface area (Å²) in [5, 5.41) is 2.60. The van der Waals surface area contributed by atoms with Crippen LogP contribution in [-0.2, 0) is 24.9 Å². The minimum absolute atomic E-state index is 0.230. The van der Waals surface area contributed by atoms with Gasteiger partial charge in [-0.1, -0.05) is 73.4 Å². The van der Waals surface area contributed by atoms with Crippen LogP contribution in [0, 0.1) is 0 Å². The lowest BCUT2D eigenvalue weighted by molar-refractivity contribution is 0.0507. The predicted molar refractivity (Wildman–Crippen MR) is 243 cm³/mol. The number of carbonyl (C=O) groups is 2. The largest absolute Gasteiger partial charge is 0.461 e. The lowest BCUT2D eigenvalue weighted by Gasteiger charge is -2.36. The van der Waals surface area contributed by atoms with E-state index in [4.69, 9.17) is 29.9 Å². The van der Waals surface area contributed by atoms with Gasteiger partial charge < -0.3 is 27.9 Å². The number of halogens is 3. The number of rotatable bonds is 15. The number of hydrogen-bond acceptors (Lipinski definition) is 6. The number of H-pyrrole nitrogens is 1. The number of nitrogens with one attached hydrogen (secondary N) is 1. The van der Waals surface area contributed by atoms with Crippen molar-refractivity contribution < 1.29 is 27.9 Å². The molecule has 0 bridgehead atoms. The van der Waals surface area contributed by atoms with Crippen molar-refractivity contribution in [2.75, 3.05) is 32.3 Å². The highest BCUT2D eigenvalue weighted by atomic mass is 79.9. The normalized spacial score (nSPS) is 12.2. The van der Waals surface area contributed by atoms with Crippen molar-refractivity contribution in [2.24, 2.45) is 0 Å². The second-order valence-electron chi connectivity index (χ2n) is 16.6. The van der Waals surface area contributed by atoms with Gasteiger partial charge in [-0.25, -0.2) is 9.59 Å². The molecule has 0 saturated carbocycles. The van der Waals surface area contributed by atoms with Crippen LogP contribution in [0.5, 0.6) is 0 Å². The highest BCUT2D eigenvalue weighted by Crippen LogP contribution is 2.37. The Kier molecular flexibility index (Phi) is 19.9. The summed E-state index contributed by atoms with van der Waals surface area (Å²) in [6.45, 7) is 29.5. The Hall–Kier alpha value is -1.94. The van der Waals surface area contributed by atoms with Gasteiger partial charge in [-0.2, -0.15) is 0 Å². The molecule has 8 nitrogen and oxygen atoms in total. The van der Waals surface area contributed by atoms with E-state index in [1.165, 1.54) is 0 Å². The van der Waals surface area contributed by atoms with Crippen LogP contribution in [0.3, 0.4) is 0 Å². The van der Waals surface area contributed by atoms with Gasteiger partial charge in [0.25, 0.3) is 0 Å². The van der Waals surface area contributed by atoms with Crippen LogP contribution in [-0.4, -0.2) is 70.4 Å². The number of ether oxygens (including phenoxy) is 2. The average Bonchev–Trinajstić information content (AvgIpc) is 3.67. The van der Waals surface area contributed by atoms with E-state index in [0.717, 1.165) is 82.1 Å². The number of unbranched alkanes of at least 4 members (excludes halogenated alkanes) is 2. The van der Waals surface area contributed by atoms with Gasteiger partial charge in [0.05, 0.1) is 13.2 Å². The second kappa shape index (κ2) is 22.3. The molecule has 0 fully saturated rings. The van der Waals surface area contributed by atoms with Gasteiger partial charge in [-0.3, -0.25) is 0 Å². The zero-order chi connectivity index (χ0) is 41.6. The number of carbonyl (C=O) groups excluding carboxylic acids is 2. The van der Waals surface area contributed by atoms with Gasteiger partial charge in [0.15, 0.2) is 16.6 Å². The van der Waals surface area contributed by atoms with E-state index in [-0.39, 0.29) is 17.0 Å². The smallest absolute Gasteiger partial charge is 0.354 e. The molecule has 0 radical (unpaired) electrons. The third kappa shape index (κ3) is 15.4. The van der Waals surface area contributed by atoms with Crippen molar-refractivity contribution in [2.45, 2.75) is 124 Å². The SMILES string of the molecule is CC(C)(C)[Si](C)(C)OCCCCCl.CCOC(=O)c1cc2cc(Br)ccc2[nH]1.CCOC(=O)c1cc2cc(Br)ccc2n1CCCCO[Si](C)(C)C(C)(C)C. The number of aryl methyl sites for hydroxylation is 1. The van der Waals surface area contributed by atoms with Crippen LogP contribution >= 0.6 is 43.5 Å². The lowest BCUT2D eigenvalue weighted by Crippen LogP contribution is -2.40. The first-order chi connectivity index (χ1) is 25.6. The molecule has 0 aliphatic heterocycles. The highest BCUT2D eigenvalue weighted by Gasteiger charge is 2.37. The summed E-state index contributed by atoms with van der Waals surface area (Å²) < 4.78 is 26.5. The molecule has 2 heterocycles. The molecule has 0 unspecified atom stereocenters. The van der Waals surface area contributed by atoms with Gasteiger partial charge in [-0.15, -0.1) is 11.6 Å². The Morgan fingerprint density at radius 2 is 1.22 bits per heavy atom. The molecule has 2 aromatic carbocycles. The molecule has 4 aromatic rings. The van der Waals surface area contributed by atoms with Gasteiger partial charge in [0, 0.05) is 56.4 Å². The molecule has 0 aliphatic rings. The number of aromatic amines is 1. The Morgan fingerprint density at radius 1 is 0.709 bits per heavy atom. The van der Waals surface area contributed by atoms with Crippen molar-refractivity contribution in [1.82, 2.24) is 9.55 Å². The predicted octanol–water partition coefficient (Wildman–Crippen LogP) is 13.5. The summed E-state index contributed by atoms with van der Waals surface area (Å²) in [5.74, 6) is 0.174. The molecule has 4 rings (SSSR count). The third-order valence-corrected chi connectivity index (χ3v) is 20.6. The number of nitrogens with zero attached hydrogens (tertiary/aromatic N) is 1. The van der Waals surface area contributed by atoms with Gasteiger partial charge in [0.2, 0.25) is 0 Å². The number of esters is 2. The Bertz CT molecular complexity index is 1810. The molecule has 13 heteroatoms. The van der Waals surface area contributed by atoms with E-state index in [0.29, 0.717) is 29.6 Å². The number of fused-ring (bicyclic) bond motifs is 2. The third-order valence-electron chi connectivity index (χ3n) is 10.3. The molecular formula is C42H65Br2ClN2O6Si2. The van der Waals surface area contributed by atoms with Crippen molar-refractivity contribution in [1.29, 1.82) is 0 Å². The van der Waals surface area contributed by atoms with E-state index >= 15 is 0 Å². The topological polar surface area (TPSA) is 91.8 Å². The average molecular weight is 945 g/mol. The summed E-state index contributed by atoms with van der Waals surface area (Å²) in [5.41, 5.74) is 3.10. The summed E-state index contributed by atoms with van der Waals surface area (Å²) in [6.07, 6.45) is 4.10. The van der Waals surface area contributed by atoms with Crippen LogP contribution in [0.25, 0.3) is 21.8 Å². The molecule has 2 aromatic heterocycles. The molecule has 1 N–H and O–H groups in total. The number of benzene rings is 2. The van der Waals surface area contributed by atoms with E-state index in [1.54, 1.807) is 13.0 Å². The molecule has 308 valence electrons. The molecular weight excluding hydrogens is 880 g/mol. The minimum Gasteiger partial charge on any atom is -0.461 e. The lowest BCUT2D eigenvalue weighted by atomic mass is 10.2. The van der Waals surface area contributed by atoms with E-state index in [9.17, 15) is 9.59 Å². The monoisotopic (exact) mass is 942 g/mol. The fraction of sp³-hybridized carbons (Fsp3) is 0.571. The maximum Gasteiger partial charge on any atom is 0.354 e. The second-order valence-corrected chi connectivity index (χ2v) is 28.4. The number of alkyl halides is 1.